The quantitative estimate of drug-likeness (QED) is 0.639. The lowest BCUT2D eigenvalue weighted by atomic mass is 10.1. The van der Waals surface area contributed by atoms with E-state index < -0.39 is 0 Å². The van der Waals surface area contributed by atoms with Gasteiger partial charge in [-0.3, -0.25) is 0 Å². The Labute approximate surface area is 77.2 Å². The normalized spacial score (nSPS) is 9.77. The van der Waals surface area contributed by atoms with Crippen LogP contribution in [-0.4, -0.2) is 0 Å². The second-order valence-corrected chi connectivity index (χ2v) is 2.92. The van der Waals surface area contributed by atoms with Crippen LogP contribution in [0.3, 0.4) is 0 Å². The molecule has 2 rings (SSSR count). The van der Waals surface area contributed by atoms with Crippen LogP contribution in [0.15, 0.2) is 36.4 Å². The molecule has 0 fully saturated rings. The van der Waals surface area contributed by atoms with Crippen LogP contribution < -0.4 is 0 Å². The Morgan fingerprint density at radius 2 is 2.00 bits per heavy atom. The average Bonchev–Trinajstić information content (AvgIpc) is 2.18. The summed E-state index contributed by atoms with van der Waals surface area (Å²) in [6.45, 7) is 0. The van der Waals surface area contributed by atoms with Gasteiger partial charge in [-0.15, -0.1) is 0 Å². The zero-order valence-electron chi connectivity index (χ0n) is 7.12. The fourth-order valence-corrected chi connectivity index (χ4v) is 1.36. The maximum Gasteiger partial charge on any atom is 0.0669 e. The summed E-state index contributed by atoms with van der Waals surface area (Å²) < 4.78 is 0. The van der Waals surface area contributed by atoms with Crippen molar-refractivity contribution < 1.29 is 0 Å². The molecule has 0 unspecified atom stereocenters. The predicted octanol–water partition coefficient (Wildman–Crippen LogP) is 2.71. The topological polar surface area (TPSA) is 23.8 Å². The lowest BCUT2D eigenvalue weighted by Gasteiger charge is -1.98. The van der Waals surface area contributed by atoms with Crippen molar-refractivity contribution in [2.75, 3.05) is 0 Å². The molecule has 0 aliphatic rings. The van der Waals surface area contributed by atoms with Gasteiger partial charge in [0.05, 0.1) is 12.5 Å². The van der Waals surface area contributed by atoms with Crippen molar-refractivity contribution in [2.24, 2.45) is 0 Å². The monoisotopic (exact) mass is 166 g/mol. The summed E-state index contributed by atoms with van der Waals surface area (Å²) in [6.07, 6.45) is 0.435. The first-order valence-electron chi connectivity index (χ1n) is 4.16. The summed E-state index contributed by atoms with van der Waals surface area (Å²) in [5, 5.41) is 10.9. The Bertz CT molecular complexity index is 466. The molecule has 0 spiro atoms. The van der Waals surface area contributed by atoms with Crippen LogP contribution in [0.5, 0.6) is 0 Å². The number of nitriles is 1. The number of nitrogens with zero attached hydrogens (tertiary/aromatic N) is 1. The number of benzene rings is 2. The standard InChI is InChI=1S/C12H8N/c13-8-7-10-5-6-11-3-1-2-4-12(11)9-10/h1-4,6,9H,7H2. The van der Waals surface area contributed by atoms with Crippen LogP contribution in [0.2, 0.25) is 0 Å². The van der Waals surface area contributed by atoms with E-state index in [2.05, 4.69) is 12.1 Å². The maximum atomic E-state index is 8.52. The summed E-state index contributed by atoms with van der Waals surface area (Å²) in [4.78, 5) is 0. The molecule has 0 N–H and O–H groups in total. The molecular weight excluding hydrogens is 158 g/mol. The van der Waals surface area contributed by atoms with Crippen LogP contribution >= 0.6 is 0 Å². The zero-order chi connectivity index (χ0) is 9.10. The Morgan fingerprint density at radius 1 is 1.23 bits per heavy atom. The Kier molecular flexibility index (Phi) is 1.97. The van der Waals surface area contributed by atoms with E-state index in [9.17, 15) is 0 Å². The third kappa shape index (κ3) is 1.52. The molecule has 2 aromatic rings. The van der Waals surface area contributed by atoms with Crippen molar-refractivity contribution >= 4 is 10.8 Å². The van der Waals surface area contributed by atoms with Crippen molar-refractivity contribution in [3.63, 3.8) is 0 Å². The molecule has 0 heterocycles. The van der Waals surface area contributed by atoms with Gasteiger partial charge in [0.25, 0.3) is 0 Å². The second kappa shape index (κ2) is 3.28. The maximum absolute atomic E-state index is 8.52. The highest BCUT2D eigenvalue weighted by Gasteiger charge is 1.94. The van der Waals surface area contributed by atoms with Crippen molar-refractivity contribution in [2.45, 2.75) is 6.42 Å². The average molecular weight is 166 g/mol. The minimum atomic E-state index is 0.435. The molecule has 1 radical (unpaired) electrons. The molecule has 0 bridgehead atoms. The van der Waals surface area contributed by atoms with E-state index in [0.717, 1.165) is 5.56 Å². The summed E-state index contributed by atoms with van der Waals surface area (Å²) in [5.41, 5.74) is 0.959. The van der Waals surface area contributed by atoms with Crippen LogP contribution in [0.1, 0.15) is 5.56 Å². The Hall–Kier alpha value is -1.81. The van der Waals surface area contributed by atoms with Crippen molar-refractivity contribution in [3.8, 4) is 6.07 Å². The molecule has 0 aliphatic carbocycles. The van der Waals surface area contributed by atoms with E-state index in [4.69, 9.17) is 5.26 Å². The van der Waals surface area contributed by atoms with Crippen LogP contribution in [0.4, 0.5) is 0 Å². The van der Waals surface area contributed by atoms with E-state index in [-0.39, 0.29) is 0 Å². The van der Waals surface area contributed by atoms with E-state index in [0.29, 0.717) is 6.42 Å². The number of fused-ring (bicyclic) bond motifs is 1. The molecule has 0 amide bonds. The second-order valence-electron chi connectivity index (χ2n) is 2.92. The van der Waals surface area contributed by atoms with Crippen molar-refractivity contribution in [3.05, 3.63) is 48.0 Å². The van der Waals surface area contributed by atoms with Crippen LogP contribution in [0.25, 0.3) is 10.8 Å². The highest BCUT2D eigenvalue weighted by atomic mass is 14.2. The molecule has 0 saturated carbocycles. The highest BCUT2D eigenvalue weighted by Crippen LogP contribution is 2.14. The molecule has 0 aliphatic heterocycles. The summed E-state index contributed by atoms with van der Waals surface area (Å²) in [5.74, 6) is 0. The predicted molar refractivity (Wildman–Crippen MR) is 52.1 cm³/mol. The number of hydrogen-bond acceptors (Lipinski definition) is 1. The minimum absolute atomic E-state index is 0.435. The van der Waals surface area contributed by atoms with Gasteiger partial charge in [0, 0.05) is 0 Å². The van der Waals surface area contributed by atoms with Gasteiger partial charge in [-0.25, -0.2) is 0 Å². The molecule has 1 nitrogen and oxygen atoms in total. The number of hydrogen-bond donors (Lipinski definition) is 0. The number of rotatable bonds is 1. The summed E-state index contributed by atoms with van der Waals surface area (Å²) >= 11 is 0. The van der Waals surface area contributed by atoms with Gasteiger partial charge in [0.15, 0.2) is 0 Å². The van der Waals surface area contributed by atoms with Crippen molar-refractivity contribution in [1.82, 2.24) is 0 Å². The van der Waals surface area contributed by atoms with Gasteiger partial charge in [-0.1, -0.05) is 24.3 Å². The summed E-state index contributed by atoms with van der Waals surface area (Å²) in [7, 11) is 0. The van der Waals surface area contributed by atoms with Gasteiger partial charge in [-0.2, -0.15) is 5.26 Å². The smallest absolute Gasteiger partial charge is 0.0669 e. The van der Waals surface area contributed by atoms with Crippen LogP contribution in [0, 0.1) is 17.4 Å². The molecule has 61 valence electrons. The van der Waals surface area contributed by atoms with Gasteiger partial charge in [-0.05, 0) is 34.5 Å². The largest absolute Gasteiger partial charge is 0.198 e. The SMILES string of the molecule is N#CCc1[c]cc2ccccc2c1. The lowest BCUT2D eigenvalue weighted by Crippen LogP contribution is -1.81. The third-order valence-corrected chi connectivity index (χ3v) is 2.01. The van der Waals surface area contributed by atoms with E-state index in [1.54, 1.807) is 0 Å². The first-order chi connectivity index (χ1) is 6.40. The summed E-state index contributed by atoms with van der Waals surface area (Å²) in [6, 6.07) is 17.2. The van der Waals surface area contributed by atoms with Gasteiger partial charge >= 0.3 is 0 Å². The van der Waals surface area contributed by atoms with E-state index >= 15 is 0 Å². The third-order valence-electron chi connectivity index (χ3n) is 2.01. The molecule has 0 atom stereocenters. The zero-order valence-corrected chi connectivity index (χ0v) is 7.12. The molecule has 0 aromatic heterocycles. The fourth-order valence-electron chi connectivity index (χ4n) is 1.36. The molecular formula is C12H8N. The lowest BCUT2D eigenvalue weighted by molar-refractivity contribution is 1.27. The van der Waals surface area contributed by atoms with Gasteiger partial charge in [0.1, 0.15) is 0 Å². The Balaban J connectivity index is 2.57. The van der Waals surface area contributed by atoms with E-state index in [1.165, 1.54) is 10.8 Å². The van der Waals surface area contributed by atoms with Crippen molar-refractivity contribution in [1.29, 1.82) is 5.26 Å². The minimum Gasteiger partial charge on any atom is -0.198 e. The molecule has 2 aromatic carbocycles. The Morgan fingerprint density at radius 3 is 2.77 bits per heavy atom. The highest BCUT2D eigenvalue weighted by molar-refractivity contribution is 5.82. The van der Waals surface area contributed by atoms with Gasteiger partial charge in [0.2, 0.25) is 0 Å². The molecule has 13 heavy (non-hydrogen) atoms. The fraction of sp³-hybridized carbons (Fsp3) is 0.0833. The first-order valence-corrected chi connectivity index (χ1v) is 4.16. The molecule has 1 heteroatoms. The first kappa shape index (κ1) is 7.82. The van der Waals surface area contributed by atoms with E-state index in [1.807, 2.05) is 36.4 Å². The van der Waals surface area contributed by atoms with Gasteiger partial charge < -0.3 is 0 Å². The van der Waals surface area contributed by atoms with Crippen LogP contribution in [-0.2, 0) is 6.42 Å². The molecule has 0 saturated heterocycles.